The highest BCUT2D eigenvalue weighted by atomic mass is 19.1. The van der Waals surface area contributed by atoms with E-state index in [0.717, 1.165) is 18.4 Å². The van der Waals surface area contributed by atoms with Crippen molar-refractivity contribution < 1.29 is 19.1 Å². The molecule has 0 radical (unpaired) electrons. The first-order chi connectivity index (χ1) is 14.4. The third-order valence-electron chi connectivity index (χ3n) is 7.25. The number of halogens is 1. The lowest BCUT2D eigenvalue weighted by Gasteiger charge is -2.32. The predicted octanol–water partition coefficient (Wildman–Crippen LogP) is 1.72. The maximum atomic E-state index is 13.2. The fraction of sp³-hybridized carbons (Fsp3) is 0.409. The summed E-state index contributed by atoms with van der Waals surface area (Å²) in [7, 11) is 0. The van der Waals surface area contributed by atoms with E-state index in [2.05, 4.69) is 5.32 Å². The van der Waals surface area contributed by atoms with E-state index < -0.39 is 22.9 Å². The van der Waals surface area contributed by atoms with E-state index in [-0.39, 0.29) is 35.4 Å². The van der Waals surface area contributed by atoms with Crippen LogP contribution in [0.15, 0.2) is 29.1 Å². The van der Waals surface area contributed by atoms with Gasteiger partial charge in [0, 0.05) is 24.6 Å². The SMILES string of the molecule is O=C1NC2(CCC3CC32)n2c1c1c(c(O)c2=O)C(=O)N(Cc2ccc(F)cc2)CC1. The molecule has 2 aliphatic heterocycles. The zero-order valence-corrected chi connectivity index (χ0v) is 16.2. The molecule has 1 aromatic heterocycles. The van der Waals surface area contributed by atoms with Crippen LogP contribution in [0.1, 0.15) is 51.2 Å². The molecule has 154 valence electrons. The molecule has 2 fully saturated rings. The van der Waals surface area contributed by atoms with Gasteiger partial charge in [0.1, 0.15) is 17.2 Å². The van der Waals surface area contributed by atoms with Gasteiger partial charge in [0.25, 0.3) is 17.4 Å². The Labute approximate surface area is 171 Å². The van der Waals surface area contributed by atoms with Crippen LogP contribution in [-0.4, -0.2) is 32.9 Å². The number of nitrogens with one attached hydrogen (secondary N) is 1. The van der Waals surface area contributed by atoms with Crippen molar-refractivity contribution >= 4 is 11.8 Å². The van der Waals surface area contributed by atoms with E-state index in [1.54, 1.807) is 12.1 Å². The van der Waals surface area contributed by atoms with Gasteiger partial charge in [-0.25, -0.2) is 4.39 Å². The smallest absolute Gasteiger partial charge is 0.296 e. The van der Waals surface area contributed by atoms with Crippen LogP contribution >= 0.6 is 0 Å². The summed E-state index contributed by atoms with van der Waals surface area (Å²) < 4.78 is 14.6. The molecule has 3 unspecified atom stereocenters. The highest BCUT2D eigenvalue weighted by molar-refractivity contribution is 6.05. The Bertz CT molecular complexity index is 1190. The molecular formula is C22H20FN3O4. The van der Waals surface area contributed by atoms with Crippen LogP contribution in [0, 0.1) is 17.7 Å². The minimum absolute atomic E-state index is 0.0721. The summed E-state index contributed by atoms with van der Waals surface area (Å²) in [6.45, 7) is 0.580. The second-order valence-corrected chi connectivity index (χ2v) is 8.81. The first kappa shape index (κ1) is 17.7. The molecule has 8 heteroatoms. The summed E-state index contributed by atoms with van der Waals surface area (Å²) >= 11 is 0. The molecule has 3 heterocycles. The van der Waals surface area contributed by atoms with Gasteiger partial charge >= 0.3 is 0 Å². The summed E-state index contributed by atoms with van der Waals surface area (Å²) in [5.41, 5.74) is -0.0764. The van der Waals surface area contributed by atoms with Crippen LogP contribution in [-0.2, 0) is 18.6 Å². The van der Waals surface area contributed by atoms with Crippen molar-refractivity contribution in [1.29, 1.82) is 0 Å². The molecule has 7 nitrogen and oxygen atoms in total. The molecule has 0 saturated heterocycles. The van der Waals surface area contributed by atoms with E-state index in [0.29, 0.717) is 30.9 Å². The minimum atomic E-state index is -0.755. The predicted molar refractivity (Wildman–Crippen MR) is 103 cm³/mol. The molecule has 2 aromatic rings. The first-order valence-corrected chi connectivity index (χ1v) is 10.3. The maximum absolute atomic E-state index is 13.2. The van der Waals surface area contributed by atoms with Crippen molar-refractivity contribution in [2.45, 2.75) is 37.9 Å². The largest absolute Gasteiger partial charge is 0.502 e. The number of hydrogen-bond acceptors (Lipinski definition) is 4. The van der Waals surface area contributed by atoms with Crippen LogP contribution in [0.4, 0.5) is 4.39 Å². The highest BCUT2D eigenvalue weighted by Crippen LogP contribution is 2.61. The van der Waals surface area contributed by atoms with Gasteiger partial charge in [-0.05, 0) is 49.3 Å². The molecule has 2 amide bonds. The Morgan fingerprint density at radius 3 is 2.63 bits per heavy atom. The number of aromatic hydroxyl groups is 1. The Morgan fingerprint density at radius 2 is 1.97 bits per heavy atom. The topological polar surface area (TPSA) is 91.6 Å². The molecule has 6 rings (SSSR count). The average molecular weight is 409 g/mol. The van der Waals surface area contributed by atoms with Crippen molar-refractivity contribution in [3.05, 3.63) is 62.8 Å². The maximum Gasteiger partial charge on any atom is 0.296 e. The molecule has 2 saturated carbocycles. The van der Waals surface area contributed by atoms with Gasteiger partial charge in [-0.2, -0.15) is 0 Å². The van der Waals surface area contributed by atoms with E-state index >= 15 is 0 Å². The van der Waals surface area contributed by atoms with Gasteiger partial charge in [-0.3, -0.25) is 19.0 Å². The fourth-order valence-corrected chi connectivity index (χ4v) is 5.76. The lowest BCUT2D eigenvalue weighted by Crippen LogP contribution is -2.48. The zero-order chi connectivity index (χ0) is 20.8. The normalized spacial score (nSPS) is 28.4. The van der Waals surface area contributed by atoms with Crippen molar-refractivity contribution in [1.82, 2.24) is 14.8 Å². The second-order valence-electron chi connectivity index (χ2n) is 8.81. The fourth-order valence-electron chi connectivity index (χ4n) is 5.76. The standard InChI is InChI=1S/C22H20FN3O4/c23-13-3-1-11(2-4-13)10-25-8-6-14-16(20(25)29)18(27)21(30)26-17(14)19(28)24-22(26)7-5-12-9-15(12)22/h1-4,12,15,27H,5-10H2,(H,24,28). The van der Waals surface area contributed by atoms with Crippen LogP contribution in [0.25, 0.3) is 0 Å². The average Bonchev–Trinajstić information content (AvgIpc) is 3.36. The minimum Gasteiger partial charge on any atom is -0.502 e. The zero-order valence-electron chi connectivity index (χ0n) is 16.2. The van der Waals surface area contributed by atoms with Gasteiger partial charge in [-0.1, -0.05) is 12.1 Å². The van der Waals surface area contributed by atoms with Gasteiger partial charge in [0.2, 0.25) is 0 Å². The number of nitrogens with zero attached hydrogens (tertiary/aromatic N) is 2. The van der Waals surface area contributed by atoms with Gasteiger partial charge in [0.05, 0.1) is 5.56 Å². The second kappa shape index (κ2) is 5.71. The lowest BCUT2D eigenvalue weighted by atomic mass is 9.95. The molecular weight excluding hydrogens is 389 g/mol. The summed E-state index contributed by atoms with van der Waals surface area (Å²) in [6.07, 6.45) is 2.94. The Morgan fingerprint density at radius 1 is 1.20 bits per heavy atom. The Balaban J connectivity index is 1.44. The molecule has 3 atom stereocenters. The highest BCUT2D eigenvalue weighted by Gasteiger charge is 2.63. The van der Waals surface area contributed by atoms with E-state index in [4.69, 9.17) is 0 Å². The number of rotatable bonds is 2. The number of carbonyl (C=O) groups excluding carboxylic acids is 2. The third-order valence-corrected chi connectivity index (χ3v) is 7.25. The van der Waals surface area contributed by atoms with Gasteiger partial charge < -0.3 is 15.3 Å². The van der Waals surface area contributed by atoms with E-state index in [1.165, 1.54) is 21.6 Å². The molecule has 30 heavy (non-hydrogen) atoms. The van der Waals surface area contributed by atoms with Crippen molar-refractivity contribution in [2.75, 3.05) is 6.54 Å². The van der Waals surface area contributed by atoms with Crippen molar-refractivity contribution in [3.63, 3.8) is 0 Å². The Kier molecular flexibility index (Phi) is 3.36. The summed E-state index contributed by atoms with van der Waals surface area (Å²) in [5.74, 6) is -1.04. The number of carbonyl (C=O) groups is 2. The number of hydrogen-bond donors (Lipinski definition) is 2. The number of aromatic nitrogens is 1. The molecule has 1 aromatic carbocycles. The molecule has 2 aliphatic carbocycles. The number of benzene rings is 1. The number of pyridine rings is 1. The monoisotopic (exact) mass is 409 g/mol. The van der Waals surface area contributed by atoms with Gasteiger partial charge in [0.15, 0.2) is 5.75 Å². The van der Waals surface area contributed by atoms with E-state index in [1.807, 2.05) is 0 Å². The van der Waals surface area contributed by atoms with Crippen molar-refractivity contribution in [3.8, 4) is 5.75 Å². The molecule has 0 bridgehead atoms. The van der Waals surface area contributed by atoms with Crippen LogP contribution in [0.2, 0.25) is 0 Å². The summed E-state index contributed by atoms with van der Waals surface area (Å²) in [5, 5.41) is 13.8. The quantitative estimate of drug-likeness (QED) is 0.790. The Hall–Kier alpha value is -3.16. The van der Waals surface area contributed by atoms with Crippen LogP contribution < -0.4 is 10.9 Å². The number of fused-ring (bicyclic) bond motifs is 6. The van der Waals surface area contributed by atoms with Crippen LogP contribution in [0.3, 0.4) is 0 Å². The summed E-state index contributed by atoms with van der Waals surface area (Å²) in [4.78, 5) is 40.8. The van der Waals surface area contributed by atoms with E-state index in [9.17, 15) is 23.9 Å². The molecule has 4 aliphatic rings. The summed E-state index contributed by atoms with van der Waals surface area (Å²) in [6, 6.07) is 5.84. The molecule has 1 spiro atoms. The first-order valence-electron chi connectivity index (χ1n) is 10.3. The van der Waals surface area contributed by atoms with Crippen molar-refractivity contribution in [2.24, 2.45) is 11.8 Å². The molecule has 2 N–H and O–H groups in total. The number of amides is 2. The lowest BCUT2D eigenvalue weighted by molar-refractivity contribution is 0.0721. The van der Waals surface area contributed by atoms with Gasteiger partial charge in [-0.15, -0.1) is 0 Å². The third kappa shape index (κ3) is 2.16. The van der Waals surface area contributed by atoms with Crippen LogP contribution in [0.5, 0.6) is 5.75 Å².